The maximum atomic E-state index is 12.2. The van der Waals surface area contributed by atoms with Crippen molar-refractivity contribution in [3.8, 4) is 5.75 Å². The Morgan fingerprint density at radius 3 is 2.44 bits per heavy atom. The Bertz CT molecular complexity index is 820. The molecule has 0 unspecified atom stereocenters. The second-order valence-corrected chi connectivity index (χ2v) is 5.18. The molecule has 0 aliphatic heterocycles. The molecule has 1 aromatic carbocycles. The monoisotopic (exact) mass is 335 g/mol. The Kier molecular flexibility index (Phi) is 5.16. The van der Waals surface area contributed by atoms with Crippen LogP contribution in [0.25, 0.3) is 0 Å². The largest absolute Gasteiger partial charge is 0.497 e. The van der Waals surface area contributed by atoms with Crippen LogP contribution in [0.1, 0.15) is 16.1 Å². The van der Waals surface area contributed by atoms with Crippen LogP contribution < -0.4 is 15.4 Å². The van der Waals surface area contributed by atoms with Gasteiger partial charge in [0.05, 0.1) is 19.5 Å². The van der Waals surface area contributed by atoms with Crippen molar-refractivity contribution in [1.29, 1.82) is 0 Å². The molecule has 0 saturated carbocycles. The first kappa shape index (κ1) is 16.4. The van der Waals surface area contributed by atoms with E-state index in [0.717, 1.165) is 11.3 Å². The summed E-state index contributed by atoms with van der Waals surface area (Å²) in [6, 6.07) is 10.9. The highest BCUT2D eigenvalue weighted by Crippen LogP contribution is 2.15. The fourth-order valence-electron chi connectivity index (χ4n) is 2.10. The first-order valence-electron chi connectivity index (χ1n) is 7.65. The minimum absolute atomic E-state index is 0.241. The van der Waals surface area contributed by atoms with E-state index in [1.807, 2.05) is 12.1 Å². The maximum Gasteiger partial charge on any atom is 0.275 e. The molecule has 1 amide bonds. The number of carbonyl (C=O) groups is 1. The van der Waals surface area contributed by atoms with Crippen LogP contribution in [0.4, 0.5) is 11.5 Å². The van der Waals surface area contributed by atoms with E-state index in [4.69, 9.17) is 4.74 Å². The van der Waals surface area contributed by atoms with Gasteiger partial charge >= 0.3 is 0 Å². The Labute approximate surface area is 145 Å². The molecule has 0 bridgehead atoms. The van der Waals surface area contributed by atoms with Gasteiger partial charge in [0.1, 0.15) is 17.3 Å². The highest BCUT2D eigenvalue weighted by Gasteiger charge is 2.08. The molecule has 0 spiro atoms. The lowest BCUT2D eigenvalue weighted by Gasteiger charge is -2.07. The number of hydrogen-bond acceptors (Lipinski definition) is 6. The van der Waals surface area contributed by atoms with Crippen LogP contribution in [0, 0.1) is 0 Å². The molecule has 3 rings (SSSR count). The van der Waals surface area contributed by atoms with E-state index in [0.29, 0.717) is 18.1 Å². The first-order chi connectivity index (χ1) is 12.2. The van der Waals surface area contributed by atoms with Crippen molar-refractivity contribution in [3.63, 3.8) is 0 Å². The zero-order valence-electron chi connectivity index (χ0n) is 13.6. The summed E-state index contributed by atoms with van der Waals surface area (Å²) in [5.74, 6) is 0.999. The zero-order chi connectivity index (χ0) is 17.5. The SMILES string of the molecule is COc1ccc(NC(=O)c2cnc(NCc3ccncc3)cn2)cc1. The summed E-state index contributed by atoms with van der Waals surface area (Å²) in [5.41, 5.74) is 1.98. The number of nitrogens with zero attached hydrogens (tertiary/aromatic N) is 3. The number of rotatable bonds is 6. The molecule has 0 aliphatic carbocycles. The molecule has 0 saturated heterocycles. The smallest absolute Gasteiger partial charge is 0.275 e. The van der Waals surface area contributed by atoms with Crippen molar-refractivity contribution in [3.05, 3.63) is 72.4 Å². The van der Waals surface area contributed by atoms with Crippen molar-refractivity contribution in [1.82, 2.24) is 15.0 Å². The summed E-state index contributed by atoms with van der Waals surface area (Å²) < 4.78 is 5.08. The molecule has 7 nitrogen and oxygen atoms in total. The predicted octanol–water partition coefficient (Wildman–Crippen LogP) is 2.74. The summed E-state index contributed by atoms with van der Waals surface area (Å²) in [6.07, 6.45) is 6.43. The fourth-order valence-corrected chi connectivity index (χ4v) is 2.10. The van der Waals surface area contributed by atoms with E-state index >= 15 is 0 Å². The normalized spacial score (nSPS) is 10.1. The lowest BCUT2D eigenvalue weighted by atomic mass is 10.3. The number of amides is 1. The summed E-state index contributed by atoms with van der Waals surface area (Å²) in [4.78, 5) is 24.5. The lowest BCUT2D eigenvalue weighted by Crippen LogP contribution is -2.14. The zero-order valence-corrected chi connectivity index (χ0v) is 13.6. The second-order valence-electron chi connectivity index (χ2n) is 5.18. The van der Waals surface area contributed by atoms with Gasteiger partial charge in [-0.2, -0.15) is 0 Å². The second kappa shape index (κ2) is 7.87. The third-order valence-electron chi connectivity index (χ3n) is 3.46. The van der Waals surface area contributed by atoms with Gasteiger partial charge < -0.3 is 15.4 Å². The molecule has 2 N–H and O–H groups in total. The van der Waals surface area contributed by atoms with Crippen molar-refractivity contribution in [2.45, 2.75) is 6.54 Å². The maximum absolute atomic E-state index is 12.2. The quantitative estimate of drug-likeness (QED) is 0.720. The van der Waals surface area contributed by atoms with Gasteiger partial charge in [-0.3, -0.25) is 9.78 Å². The number of benzene rings is 1. The van der Waals surface area contributed by atoms with E-state index in [2.05, 4.69) is 25.6 Å². The van der Waals surface area contributed by atoms with Crippen LogP contribution in [0.3, 0.4) is 0 Å². The fraction of sp³-hybridized carbons (Fsp3) is 0.111. The van der Waals surface area contributed by atoms with Crippen LogP contribution in [-0.4, -0.2) is 28.0 Å². The van der Waals surface area contributed by atoms with Crippen molar-refractivity contribution < 1.29 is 9.53 Å². The third-order valence-corrected chi connectivity index (χ3v) is 3.46. The molecule has 2 aromatic heterocycles. The Morgan fingerprint density at radius 1 is 1.04 bits per heavy atom. The average molecular weight is 335 g/mol. The van der Waals surface area contributed by atoms with Crippen LogP contribution in [0.15, 0.2) is 61.2 Å². The summed E-state index contributed by atoms with van der Waals surface area (Å²) in [7, 11) is 1.59. The van der Waals surface area contributed by atoms with E-state index in [9.17, 15) is 4.79 Å². The number of ether oxygens (including phenoxy) is 1. The number of methoxy groups -OCH3 is 1. The van der Waals surface area contributed by atoms with Gasteiger partial charge in [0.15, 0.2) is 0 Å². The number of pyridine rings is 1. The molecule has 0 fully saturated rings. The van der Waals surface area contributed by atoms with Crippen molar-refractivity contribution in [2.75, 3.05) is 17.7 Å². The minimum Gasteiger partial charge on any atom is -0.497 e. The molecule has 0 aliphatic rings. The molecule has 7 heteroatoms. The predicted molar refractivity (Wildman–Crippen MR) is 94.5 cm³/mol. The molecule has 25 heavy (non-hydrogen) atoms. The van der Waals surface area contributed by atoms with Gasteiger partial charge in [0, 0.05) is 24.6 Å². The summed E-state index contributed by atoms with van der Waals surface area (Å²) in [5, 5.41) is 5.90. The van der Waals surface area contributed by atoms with Crippen molar-refractivity contribution in [2.24, 2.45) is 0 Å². The van der Waals surface area contributed by atoms with Crippen LogP contribution in [0.2, 0.25) is 0 Å². The minimum atomic E-state index is -0.321. The van der Waals surface area contributed by atoms with Gasteiger partial charge in [-0.1, -0.05) is 0 Å². The van der Waals surface area contributed by atoms with E-state index in [1.165, 1.54) is 12.4 Å². The molecule has 2 heterocycles. The topological polar surface area (TPSA) is 89.0 Å². The number of nitrogens with one attached hydrogen (secondary N) is 2. The average Bonchev–Trinajstić information content (AvgIpc) is 2.68. The molecule has 0 atom stereocenters. The lowest BCUT2D eigenvalue weighted by molar-refractivity contribution is 0.102. The third kappa shape index (κ3) is 4.51. The molecule has 126 valence electrons. The van der Waals surface area contributed by atoms with Gasteiger partial charge in [-0.25, -0.2) is 9.97 Å². The van der Waals surface area contributed by atoms with E-state index in [-0.39, 0.29) is 11.6 Å². The molecular formula is C18H17N5O2. The molecule has 3 aromatic rings. The number of aromatic nitrogens is 3. The Hall–Kier alpha value is -3.48. The summed E-state index contributed by atoms with van der Waals surface area (Å²) >= 11 is 0. The molecular weight excluding hydrogens is 318 g/mol. The van der Waals surface area contributed by atoms with E-state index in [1.54, 1.807) is 43.8 Å². The number of hydrogen-bond donors (Lipinski definition) is 2. The summed E-state index contributed by atoms with van der Waals surface area (Å²) in [6.45, 7) is 0.606. The highest BCUT2D eigenvalue weighted by atomic mass is 16.5. The van der Waals surface area contributed by atoms with Gasteiger partial charge in [-0.05, 0) is 42.0 Å². The Morgan fingerprint density at radius 2 is 1.80 bits per heavy atom. The Balaban J connectivity index is 1.58. The van der Waals surface area contributed by atoms with Crippen molar-refractivity contribution >= 4 is 17.4 Å². The van der Waals surface area contributed by atoms with Crippen LogP contribution >= 0.6 is 0 Å². The first-order valence-corrected chi connectivity index (χ1v) is 7.65. The highest BCUT2D eigenvalue weighted by molar-refractivity contribution is 6.02. The van der Waals surface area contributed by atoms with Crippen LogP contribution in [0.5, 0.6) is 5.75 Å². The molecule has 0 radical (unpaired) electrons. The van der Waals surface area contributed by atoms with Gasteiger partial charge in [0.2, 0.25) is 0 Å². The number of anilines is 2. The van der Waals surface area contributed by atoms with Gasteiger partial charge in [-0.15, -0.1) is 0 Å². The number of carbonyl (C=O) groups excluding carboxylic acids is 1. The van der Waals surface area contributed by atoms with Crippen LogP contribution in [-0.2, 0) is 6.54 Å². The standard InChI is InChI=1S/C18H17N5O2/c1-25-15-4-2-14(3-5-15)23-18(24)16-11-22-17(12-20-16)21-10-13-6-8-19-9-7-13/h2-9,11-12H,10H2,1H3,(H,21,22)(H,23,24). The van der Waals surface area contributed by atoms with Gasteiger partial charge in [0.25, 0.3) is 5.91 Å². The van der Waals surface area contributed by atoms with E-state index < -0.39 is 0 Å².